The Labute approximate surface area is 203 Å². The third kappa shape index (κ3) is 3.63. The van der Waals surface area contributed by atoms with Crippen LogP contribution in [0, 0.1) is 6.92 Å². The Morgan fingerprint density at radius 2 is 1.80 bits per heavy atom. The molecule has 2 fully saturated rings. The van der Waals surface area contributed by atoms with Crippen molar-refractivity contribution in [3.63, 3.8) is 0 Å². The van der Waals surface area contributed by atoms with Crippen LogP contribution in [0.25, 0.3) is 11.1 Å². The number of carbonyl (C=O) groups is 2. The first-order valence-corrected chi connectivity index (χ1v) is 11.8. The van der Waals surface area contributed by atoms with Crippen molar-refractivity contribution in [2.75, 3.05) is 26.5 Å². The average molecular weight is 471 g/mol. The van der Waals surface area contributed by atoms with Crippen LogP contribution >= 0.6 is 0 Å². The second kappa shape index (κ2) is 8.43. The first-order chi connectivity index (χ1) is 17.0. The summed E-state index contributed by atoms with van der Waals surface area (Å²) in [5.74, 6) is 0.764. The molecule has 2 amide bonds. The van der Waals surface area contributed by atoms with E-state index >= 15 is 0 Å². The smallest absolute Gasteiger partial charge is 0.254 e. The van der Waals surface area contributed by atoms with Crippen LogP contribution in [-0.4, -0.2) is 65.3 Å². The number of benzene rings is 3. The lowest BCUT2D eigenvalue weighted by atomic mass is 9.73. The summed E-state index contributed by atoms with van der Waals surface area (Å²) in [6.45, 7) is 2.52. The molecule has 3 atom stereocenters. The predicted molar refractivity (Wildman–Crippen MR) is 129 cm³/mol. The topological polar surface area (TPSA) is 79.3 Å². The molecule has 7 nitrogen and oxygen atoms in total. The molecular formula is C28H26N2O5. The summed E-state index contributed by atoms with van der Waals surface area (Å²) in [5.41, 5.74) is 5.00. The van der Waals surface area contributed by atoms with E-state index < -0.39 is 0 Å². The van der Waals surface area contributed by atoms with Crippen LogP contribution in [0.5, 0.6) is 11.5 Å². The Morgan fingerprint density at radius 1 is 1.00 bits per heavy atom. The number of carbonyl (C=O) groups excluding carboxylic acids is 2. The molecule has 0 aromatic heterocycles. The van der Waals surface area contributed by atoms with Gasteiger partial charge in [0.25, 0.3) is 5.91 Å². The summed E-state index contributed by atoms with van der Waals surface area (Å²) in [5, 5.41) is 10.1. The number of ether oxygens (including phenoxy) is 2. The molecule has 3 heterocycles. The second-order valence-electron chi connectivity index (χ2n) is 9.39. The Morgan fingerprint density at radius 3 is 2.57 bits per heavy atom. The lowest BCUT2D eigenvalue weighted by molar-refractivity contribution is -0.159. The molecule has 3 aromatic carbocycles. The van der Waals surface area contributed by atoms with Crippen molar-refractivity contribution in [1.82, 2.24) is 9.80 Å². The molecule has 35 heavy (non-hydrogen) atoms. The highest BCUT2D eigenvalue weighted by atomic mass is 16.7. The van der Waals surface area contributed by atoms with Crippen molar-refractivity contribution in [3.8, 4) is 22.6 Å². The molecular weight excluding hydrogens is 444 g/mol. The standard InChI is InChI=1S/C28H26N2O5/c1-17-3-2-4-20(11-17)18-5-7-19(8-6-18)27-22-13-29(14-26(32)30(22)23(27)15-31)28(33)21-9-10-24-25(12-21)35-16-34-24/h2-12,22-23,27,31H,13-16H2,1H3/t22-,23-,27+/m1/s1. The van der Waals surface area contributed by atoms with Gasteiger partial charge in [0.15, 0.2) is 11.5 Å². The van der Waals surface area contributed by atoms with E-state index in [-0.39, 0.29) is 49.8 Å². The lowest BCUT2D eigenvalue weighted by Gasteiger charge is -2.58. The minimum absolute atomic E-state index is 0.000703. The molecule has 178 valence electrons. The Hall–Kier alpha value is -3.84. The monoisotopic (exact) mass is 470 g/mol. The molecule has 0 spiro atoms. The number of fused-ring (bicyclic) bond motifs is 2. The normalized spacial score (nSPS) is 22.6. The molecule has 0 aliphatic carbocycles. The van der Waals surface area contributed by atoms with Gasteiger partial charge in [-0.05, 0) is 41.8 Å². The number of amides is 2. The molecule has 0 saturated carbocycles. The number of aryl methyl sites for hydroxylation is 1. The SMILES string of the molecule is Cc1cccc(-c2ccc([C@@H]3[C@@H](CO)N4C(=O)CN(C(=O)c5ccc6c(c5)OCO6)C[C@H]34)cc2)c1. The highest BCUT2D eigenvalue weighted by Gasteiger charge is 2.54. The highest BCUT2D eigenvalue weighted by Crippen LogP contribution is 2.43. The summed E-state index contributed by atoms with van der Waals surface area (Å²) >= 11 is 0. The van der Waals surface area contributed by atoms with Crippen molar-refractivity contribution < 1.29 is 24.2 Å². The second-order valence-corrected chi connectivity index (χ2v) is 9.39. The fourth-order valence-electron chi connectivity index (χ4n) is 5.59. The largest absolute Gasteiger partial charge is 0.454 e. The fraction of sp³-hybridized carbons (Fsp3) is 0.286. The molecule has 3 aliphatic rings. The van der Waals surface area contributed by atoms with Gasteiger partial charge < -0.3 is 24.4 Å². The molecule has 3 aromatic rings. The van der Waals surface area contributed by atoms with E-state index in [1.54, 1.807) is 28.0 Å². The number of aliphatic hydroxyl groups is 1. The van der Waals surface area contributed by atoms with Gasteiger partial charge in [0.1, 0.15) is 6.54 Å². The number of piperazine rings is 1. The van der Waals surface area contributed by atoms with Crippen molar-refractivity contribution in [3.05, 3.63) is 83.4 Å². The zero-order valence-corrected chi connectivity index (χ0v) is 19.4. The zero-order chi connectivity index (χ0) is 24.1. The summed E-state index contributed by atoms with van der Waals surface area (Å²) in [4.78, 5) is 29.6. The van der Waals surface area contributed by atoms with Gasteiger partial charge in [0, 0.05) is 18.0 Å². The van der Waals surface area contributed by atoms with Crippen LogP contribution in [0.3, 0.4) is 0 Å². The van der Waals surface area contributed by atoms with E-state index in [1.165, 1.54) is 5.56 Å². The molecule has 2 saturated heterocycles. The van der Waals surface area contributed by atoms with Gasteiger partial charge in [-0.1, -0.05) is 54.1 Å². The Balaban J connectivity index is 1.24. The summed E-state index contributed by atoms with van der Waals surface area (Å²) in [6, 6.07) is 21.3. The highest BCUT2D eigenvalue weighted by molar-refractivity contribution is 5.98. The van der Waals surface area contributed by atoms with Crippen LogP contribution in [0.15, 0.2) is 66.7 Å². The lowest BCUT2D eigenvalue weighted by Crippen LogP contribution is -2.73. The van der Waals surface area contributed by atoms with Crippen LogP contribution < -0.4 is 9.47 Å². The number of rotatable bonds is 4. The van der Waals surface area contributed by atoms with Crippen molar-refractivity contribution >= 4 is 11.8 Å². The molecule has 0 unspecified atom stereocenters. The molecule has 6 rings (SSSR count). The molecule has 7 heteroatoms. The summed E-state index contributed by atoms with van der Waals surface area (Å²) < 4.78 is 10.7. The Bertz CT molecular complexity index is 1300. The first kappa shape index (κ1) is 21.7. The molecule has 3 aliphatic heterocycles. The van der Waals surface area contributed by atoms with Gasteiger partial charge in [-0.15, -0.1) is 0 Å². The van der Waals surface area contributed by atoms with Gasteiger partial charge in [-0.25, -0.2) is 0 Å². The van der Waals surface area contributed by atoms with E-state index in [4.69, 9.17) is 9.47 Å². The zero-order valence-electron chi connectivity index (χ0n) is 19.4. The van der Waals surface area contributed by atoms with Crippen molar-refractivity contribution in [2.45, 2.75) is 24.9 Å². The molecule has 0 radical (unpaired) electrons. The third-order valence-electron chi connectivity index (χ3n) is 7.31. The predicted octanol–water partition coefficient (Wildman–Crippen LogP) is 3.20. The summed E-state index contributed by atoms with van der Waals surface area (Å²) in [6.07, 6.45) is 0. The molecule has 1 N–H and O–H groups in total. The van der Waals surface area contributed by atoms with E-state index in [0.717, 1.165) is 16.7 Å². The van der Waals surface area contributed by atoms with Crippen LogP contribution in [0.4, 0.5) is 0 Å². The minimum Gasteiger partial charge on any atom is -0.454 e. The number of hydrogen-bond donors (Lipinski definition) is 1. The van der Waals surface area contributed by atoms with E-state index in [1.807, 2.05) is 6.07 Å². The van der Waals surface area contributed by atoms with E-state index in [2.05, 4.69) is 49.4 Å². The fourth-order valence-corrected chi connectivity index (χ4v) is 5.59. The maximum Gasteiger partial charge on any atom is 0.254 e. The average Bonchev–Trinajstić information content (AvgIpc) is 3.33. The number of aliphatic hydroxyl groups excluding tert-OH is 1. The van der Waals surface area contributed by atoms with Crippen LogP contribution in [-0.2, 0) is 4.79 Å². The van der Waals surface area contributed by atoms with Gasteiger partial charge in [0.2, 0.25) is 12.7 Å². The molecule has 0 bridgehead atoms. The van der Waals surface area contributed by atoms with Gasteiger partial charge in [0.05, 0.1) is 18.7 Å². The Kier molecular flexibility index (Phi) is 5.22. The maximum atomic E-state index is 13.3. The van der Waals surface area contributed by atoms with Crippen LogP contribution in [0.2, 0.25) is 0 Å². The van der Waals surface area contributed by atoms with Crippen molar-refractivity contribution in [1.29, 1.82) is 0 Å². The number of nitrogens with zero attached hydrogens (tertiary/aromatic N) is 2. The maximum absolute atomic E-state index is 13.3. The first-order valence-electron chi connectivity index (χ1n) is 11.8. The van der Waals surface area contributed by atoms with Gasteiger partial charge in [-0.3, -0.25) is 9.59 Å². The van der Waals surface area contributed by atoms with Crippen molar-refractivity contribution in [2.24, 2.45) is 0 Å². The van der Waals surface area contributed by atoms with Gasteiger partial charge >= 0.3 is 0 Å². The third-order valence-corrected chi connectivity index (χ3v) is 7.31. The van der Waals surface area contributed by atoms with E-state index in [0.29, 0.717) is 23.6 Å². The quantitative estimate of drug-likeness (QED) is 0.634. The number of hydrogen-bond acceptors (Lipinski definition) is 5. The van der Waals surface area contributed by atoms with Gasteiger partial charge in [-0.2, -0.15) is 0 Å². The summed E-state index contributed by atoms with van der Waals surface area (Å²) in [7, 11) is 0. The van der Waals surface area contributed by atoms with Crippen LogP contribution in [0.1, 0.15) is 27.4 Å². The van der Waals surface area contributed by atoms with E-state index in [9.17, 15) is 14.7 Å². The minimum atomic E-state index is -0.278.